The van der Waals surface area contributed by atoms with Gasteiger partial charge in [-0.05, 0) is 67.4 Å². The molecule has 0 unspecified atom stereocenters. The van der Waals surface area contributed by atoms with E-state index in [1.54, 1.807) is 49.4 Å². The first-order valence-electron chi connectivity index (χ1n) is 13.3. The molecule has 8 nitrogen and oxygen atoms in total. The number of rotatable bonds is 12. The summed E-state index contributed by atoms with van der Waals surface area (Å²) in [6, 6.07) is 19.0. The number of aliphatic imine (C=N–C) groups is 1. The number of aliphatic hydroxyl groups excluding tert-OH is 1. The van der Waals surface area contributed by atoms with Crippen LogP contribution in [0.15, 0.2) is 88.8 Å². The lowest BCUT2D eigenvalue weighted by Gasteiger charge is -2.28. The van der Waals surface area contributed by atoms with E-state index in [0.29, 0.717) is 29.9 Å². The zero-order valence-corrected chi connectivity index (χ0v) is 23.6. The molecule has 2 N–H and O–H groups in total. The van der Waals surface area contributed by atoms with Gasteiger partial charge in [-0.15, -0.1) is 0 Å². The first-order chi connectivity index (χ1) is 19.9. The van der Waals surface area contributed by atoms with Crippen LogP contribution in [0.5, 0.6) is 5.75 Å². The van der Waals surface area contributed by atoms with Crippen LogP contribution in [0.4, 0.5) is 13.2 Å². The van der Waals surface area contributed by atoms with Gasteiger partial charge >= 0.3 is 6.18 Å². The second kappa shape index (κ2) is 13.0. The number of carbonyl (C=O) groups is 1. The molecule has 2 atom stereocenters. The van der Waals surface area contributed by atoms with E-state index >= 15 is 0 Å². The first-order valence-corrected chi connectivity index (χ1v) is 14.9. The summed E-state index contributed by atoms with van der Waals surface area (Å²) in [6.45, 7) is 1.86. The Morgan fingerprint density at radius 1 is 1.05 bits per heavy atom. The zero-order chi connectivity index (χ0) is 30.4. The maximum absolute atomic E-state index is 13.7. The molecule has 0 radical (unpaired) electrons. The molecule has 42 heavy (non-hydrogen) atoms. The molecule has 0 spiro atoms. The van der Waals surface area contributed by atoms with Gasteiger partial charge in [0.2, 0.25) is 5.90 Å². The summed E-state index contributed by atoms with van der Waals surface area (Å²) in [5.74, 6) is -0.302. The van der Waals surface area contributed by atoms with E-state index in [4.69, 9.17) is 14.6 Å². The van der Waals surface area contributed by atoms with Gasteiger partial charge in [-0.25, -0.2) is 13.4 Å². The minimum Gasteiger partial charge on any atom is -0.494 e. The van der Waals surface area contributed by atoms with E-state index in [-0.39, 0.29) is 30.4 Å². The molecular weight excluding hydrogens is 573 g/mol. The van der Waals surface area contributed by atoms with Crippen LogP contribution in [-0.4, -0.2) is 55.9 Å². The number of aliphatic hydroxyl groups is 1. The highest BCUT2D eigenvalue weighted by molar-refractivity contribution is 7.91. The second-order valence-electron chi connectivity index (χ2n) is 9.81. The van der Waals surface area contributed by atoms with Crippen molar-refractivity contribution < 1.29 is 41.0 Å². The fourth-order valence-corrected chi connectivity index (χ4v) is 5.82. The SMILES string of the molecule is C[C@H]1OC(c2ccc(OCCCO)cc2)=N[C@@]1(CCS(=O)(=O)c1ccccc1)C(=O)NCc1ccc(C(F)(F)F)cc1. The number of amides is 1. The van der Waals surface area contributed by atoms with Crippen molar-refractivity contribution in [2.24, 2.45) is 4.99 Å². The summed E-state index contributed by atoms with van der Waals surface area (Å²) in [5.41, 5.74) is -1.47. The van der Waals surface area contributed by atoms with Gasteiger partial charge in [-0.3, -0.25) is 4.79 Å². The predicted octanol–water partition coefficient (Wildman–Crippen LogP) is 4.55. The standard InChI is InChI=1S/C30H31F3N2O6S/c1-21-29(16-19-42(38,39)26-6-3-2-4-7-26,28(37)34-20-22-8-12-24(13-9-22)30(31,32)33)35-27(41-21)23-10-14-25(15-11-23)40-18-5-17-36/h2-4,6-15,21,36H,5,16-20H2,1H3,(H,34,37)/t21-,29-/m1/s1. The van der Waals surface area contributed by atoms with Crippen molar-refractivity contribution in [3.05, 3.63) is 95.6 Å². The largest absolute Gasteiger partial charge is 0.494 e. The van der Waals surface area contributed by atoms with Crippen molar-refractivity contribution in [1.29, 1.82) is 0 Å². The molecule has 0 aromatic heterocycles. The van der Waals surface area contributed by atoms with Crippen LogP contribution < -0.4 is 10.1 Å². The number of halogens is 3. The lowest BCUT2D eigenvalue weighted by Crippen LogP contribution is -2.51. The van der Waals surface area contributed by atoms with Gasteiger partial charge in [-0.2, -0.15) is 13.2 Å². The second-order valence-corrected chi connectivity index (χ2v) is 11.9. The number of nitrogens with zero attached hydrogens (tertiary/aromatic N) is 1. The lowest BCUT2D eigenvalue weighted by molar-refractivity contribution is -0.137. The Hall–Kier alpha value is -3.90. The van der Waals surface area contributed by atoms with Crippen molar-refractivity contribution >= 4 is 21.6 Å². The molecule has 0 saturated heterocycles. The van der Waals surface area contributed by atoms with Crippen LogP contribution in [0.1, 0.15) is 36.5 Å². The Bertz CT molecular complexity index is 1490. The van der Waals surface area contributed by atoms with E-state index in [1.165, 1.54) is 24.3 Å². The van der Waals surface area contributed by atoms with Crippen LogP contribution in [0, 0.1) is 0 Å². The topological polar surface area (TPSA) is 114 Å². The molecule has 0 saturated carbocycles. The van der Waals surface area contributed by atoms with E-state index in [1.807, 2.05) is 0 Å². The quantitative estimate of drug-likeness (QED) is 0.293. The maximum Gasteiger partial charge on any atom is 0.416 e. The molecular formula is C30H31F3N2O6S. The van der Waals surface area contributed by atoms with Crippen LogP contribution in [0.3, 0.4) is 0 Å². The third-order valence-electron chi connectivity index (χ3n) is 6.92. The molecule has 3 aromatic carbocycles. The molecule has 12 heteroatoms. The van der Waals surface area contributed by atoms with Crippen molar-refractivity contribution in [3.8, 4) is 5.75 Å². The molecule has 0 aliphatic carbocycles. The van der Waals surface area contributed by atoms with Crippen molar-refractivity contribution in [3.63, 3.8) is 0 Å². The number of hydrogen-bond donors (Lipinski definition) is 2. The molecule has 224 valence electrons. The number of sulfone groups is 1. The molecule has 4 rings (SSSR count). The summed E-state index contributed by atoms with van der Waals surface area (Å²) in [5, 5.41) is 11.6. The molecule has 1 amide bonds. The van der Waals surface area contributed by atoms with Gasteiger partial charge in [0.25, 0.3) is 5.91 Å². The van der Waals surface area contributed by atoms with E-state index < -0.39 is 44.9 Å². The summed E-state index contributed by atoms with van der Waals surface area (Å²) in [6.07, 6.45) is -5.06. The predicted molar refractivity (Wildman–Crippen MR) is 150 cm³/mol. The monoisotopic (exact) mass is 604 g/mol. The summed E-state index contributed by atoms with van der Waals surface area (Å²) in [7, 11) is -3.77. The van der Waals surface area contributed by atoms with Crippen molar-refractivity contribution in [1.82, 2.24) is 5.32 Å². The minimum absolute atomic E-state index is 0.00360. The van der Waals surface area contributed by atoms with Gasteiger partial charge in [0, 0.05) is 25.1 Å². The van der Waals surface area contributed by atoms with Crippen LogP contribution in [0.25, 0.3) is 0 Å². The highest BCUT2D eigenvalue weighted by Gasteiger charge is 2.50. The fraction of sp³-hybridized carbons (Fsp3) is 0.333. The minimum atomic E-state index is -4.48. The molecule has 1 heterocycles. The molecule has 1 aliphatic heterocycles. The molecule has 1 aliphatic rings. The third kappa shape index (κ3) is 7.29. The van der Waals surface area contributed by atoms with Gasteiger partial charge in [-0.1, -0.05) is 30.3 Å². The Morgan fingerprint density at radius 2 is 1.71 bits per heavy atom. The summed E-state index contributed by atoms with van der Waals surface area (Å²) >= 11 is 0. The fourth-order valence-electron chi connectivity index (χ4n) is 4.43. The highest BCUT2D eigenvalue weighted by atomic mass is 32.2. The number of benzene rings is 3. The van der Waals surface area contributed by atoms with Crippen LogP contribution in [-0.2, 0) is 32.1 Å². The zero-order valence-electron chi connectivity index (χ0n) is 22.8. The maximum atomic E-state index is 13.7. The molecule has 0 bridgehead atoms. The van der Waals surface area contributed by atoms with Gasteiger partial charge in [0.1, 0.15) is 11.9 Å². The number of ether oxygens (including phenoxy) is 2. The normalized spacial score (nSPS) is 18.7. The highest BCUT2D eigenvalue weighted by Crippen LogP contribution is 2.34. The summed E-state index contributed by atoms with van der Waals surface area (Å²) < 4.78 is 76.6. The molecule has 0 fully saturated rings. The van der Waals surface area contributed by atoms with Crippen molar-refractivity contribution in [2.45, 2.75) is 49.0 Å². The summed E-state index contributed by atoms with van der Waals surface area (Å²) in [4.78, 5) is 18.4. The van der Waals surface area contributed by atoms with Gasteiger partial charge in [0.15, 0.2) is 15.4 Å². The van der Waals surface area contributed by atoms with Gasteiger partial charge < -0.3 is 19.9 Å². The Balaban J connectivity index is 1.58. The third-order valence-corrected chi connectivity index (χ3v) is 8.65. The average Bonchev–Trinajstić information content (AvgIpc) is 3.32. The smallest absolute Gasteiger partial charge is 0.416 e. The lowest BCUT2D eigenvalue weighted by atomic mass is 9.90. The average molecular weight is 605 g/mol. The Labute approximate surface area is 242 Å². The molecule has 3 aromatic rings. The first kappa shape index (κ1) is 31.0. The van der Waals surface area contributed by atoms with Crippen LogP contribution >= 0.6 is 0 Å². The van der Waals surface area contributed by atoms with E-state index in [2.05, 4.69) is 10.3 Å². The Kier molecular flexibility index (Phi) is 9.57. The number of alkyl halides is 3. The Morgan fingerprint density at radius 3 is 2.33 bits per heavy atom. The van der Waals surface area contributed by atoms with E-state index in [0.717, 1.165) is 12.1 Å². The number of nitrogens with one attached hydrogen (secondary N) is 1. The number of hydrogen-bond acceptors (Lipinski definition) is 7. The van der Waals surface area contributed by atoms with Gasteiger partial charge in [0.05, 0.1) is 22.8 Å². The van der Waals surface area contributed by atoms with E-state index in [9.17, 15) is 26.4 Å². The van der Waals surface area contributed by atoms with Crippen LogP contribution in [0.2, 0.25) is 0 Å². The number of carbonyl (C=O) groups excluding carboxylic acids is 1. The van der Waals surface area contributed by atoms with Crippen molar-refractivity contribution in [2.75, 3.05) is 19.0 Å².